The summed E-state index contributed by atoms with van der Waals surface area (Å²) in [7, 11) is 0. The van der Waals surface area contributed by atoms with E-state index in [1.54, 1.807) is 0 Å². The summed E-state index contributed by atoms with van der Waals surface area (Å²) < 4.78 is 1.16. The lowest BCUT2D eigenvalue weighted by molar-refractivity contribution is 0.491. The maximum atomic E-state index is 9.35. The average molecular weight is 257 g/mol. The summed E-state index contributed by atoms with van der Waals surface area (Å²) in [6, 6.07) is 6.08. The first-order valence-electron chi connectivity index (χ1n) is 3.98. The van der Waals surface area contributed by atoms with E-state index >= 15 is 0 Å². The Hall–Kier alpha value is -0.540. The lowest BCUT2D eigenvalue weighted by Crippen LogP contribution is -1.79. The SMILES string of the molecule is Cc1cc(CBr)cc2sc(O)cc12. The van der Waals surface area contributed by atoms with Crippen LogP contribution in [0.2, 0.25) is 0 Å². The minimum atomic E-state index is 0.393. The van der Waals surface area contributed by atoms with Crippen molar-refractivity contribution in [3.05, 3.63) is 29.3 Å². The quantitative estimate of drug-likeness (QED) is 0.770. The first kappa shape index (κ1) is 9.03. The van der Waals surface area contributed by atoms with Crippen molar-refractivity contribution in [3.63, 3.8) is 0 Å². The molecule has 0 spiro atoms. The number of aromatic hydroxyl groups is 1. The van der Waals surface area contributed by atoms with Gasteiger partial charge < -0.3 is 5.11 Å². The summed E-state index contributed by atoms with van der Waals surface area (Å²) in [5.41, 5.74) is 2.48. The highest BCUT2D eigenvalue weighted by Gasteiger charge is 2.04. The Bertz CT molecular complexity index is 447. The molecule has 68 valence electrons. The standard InChI is InChI=1S/C10H9BrOS/c1-6-2-7(5-11)3-9-8(6)4-10(12)13-9/h2-4,12H,5H2,1H3. The molecule has 1 N–H and O–H groups in total. The number of hydrogen-bond acceptors (Lipinski definition) is 2. The molecule has 1 nitrogen and oxygen atoms in total. The molecule has 1 heterocycles. The normalized spacial score (nSPS) is 10.9. The molecule has 0 aliphatic carbocycles. The zero-order valence-electron chi connectivity index (χ0n) is 7.17. The van der Waals surface area contributed by atoms with Gasteiger partial charge in [0.1, 0.15) is 0 Å². The number of thiophene rings is 1. The van der Waals surface area contributed by atoms with Crippen LogP contribution < -0.4 is 0 Å². The van der Waals surface area contributed by atoms with Crippen LogP contribution in [0.15, 0.2) is 18.2 Å². The lowest BCUT2D eigenvalue weighted by Gasteiger charge is -1.99. The van der Waals surface area contributed by atoms with Gasteiger partial charge >= 0.3 is 0 Å². The first-order chi connectivity index (χ1) is 6.20. The van der Waals surface area contributed by atoms with Gasteiger partial charge in [0.25, 0.3) is 0 Å². The molecule has 0 radical (unpaired) electrons. The van der Waals surface area contributed by atoms with Crippen molar-refractivity contribution in [1.29, 1.82) is 0 Å². The van der Waals surface area contributed by atoms with E-state index in [0.717, 1.165) is 15.4 Å². The lowest BCUT2D eigenvalue weighted by atomic mass is 10.1. The van der Waals surface area contributed by atoms with E-state index in [2.05, 4.69) is 35.0 Å². The smallest absolute Gasteiger partial charge is 0.172 e. The van der Waals surface area contributed by atoms with Crippen molar-refractivity contribution in [2.24, 2.45) is 0 Å². The number of rotatable bonds is 1. The van der Waals surface area contributed by atoms with Crippen LogP contribution in [0.4, 0.5) is 0 Å². The highest BCUT2D eigenvalue weighted by Crippen LogP contribution is 2.33. The molecule has 13 heavy (non-hydrogen) atoms. The fourth-order valence-electron chi connectivity index (χ4n) is 1.45. The molecule has 0 saturated heterocycles. The fraction of sp³-hybridized carbons (Fsp3) is 0.200. The zero-order chi connectivity index (χ0) is 9.42. The molecule has 0 amide bonds. The summed E-state index contributed by atoms with van der Waals surface area (Å²) in [5, 5.41) is 11.8. The second-order valence-corrected chi connectivity index (χ2v) is 4.67. The number of aryl methyl sites for hydroxylation is 1. The minimum Gasteiger partial charge on any atom is -0.499 e. The van der Waals surface area contributed by atoms with Gasteiger partial charge in [-0.05, 0) is 35.6 Å². The molecule has 2 rings (SSSR count). The van der Waals surface area contributed by atoms with Crippen molar-refractivity contribution >= 4 is 37.4 Å². The molecule has 0 unspecified atom stereocenters. The van der Waals surface area contributed by atoms with E-state index < -0.39 is 0 Å². The van der Waals surface area contributed by atoms with Gasteiger partial charge in [-0.1, -0.05) is 33.3 Å². The van der Waals surface area contributed by atoms with Gasteiger partial charge in [-0.3, -0.25) is 0 Å². The molecule has 1 aromatic heterocycles. The molecule has 0 fully saturated rings. The van der Waals surface area contributed by atoms with Crippen LogP contribution >= 0.6 is 27.3 Å². The predicted octanol–water partition coefficient (Wildman–Crippen LogP) is 3.81. The van der Waals surface area contributed by atoms with Gasteiger partial charge in [0, 0.05) is 10.0 Å². The van der Waals surface area contributed by atoms with Crippen LogP contribution in [0.25, 0.3) is 10.1 Å². The Morgan fingerprint density at radius 3 is 2.85 bits per heavy atom. The molecule has 0 atom stereocenters. The number of alkyl halides is 1. The Labute approximate surface area is 89.1 Å². The number of benzene rings is 1. The zero-order valence-corrected chi connectivity index (χ0v) is 9.58. The molecular formula is C10H9BrOS. The van der Waals surface area contributed by atoms with Gasteiger partial charge in [-0.2, -0.15) is 0 Å². The molecule has 0 bridgehead atoms. The van der Waals surface area contributed by atoms with Gasteiger partial charge in [0.05, 0.1) is 0 Å². The van der Waals surface area contributed by atoms with Gasteiger partial charge in [-0.25, -0.2) is 0 Å². The summed E-state index contributed by atoms with van der Waals surface area (Å²) in [5.74, 6) is 0. The Balaban J connectivity index is 2.75. The third-order valence-electron chi connectivity index (χ3n) is 2.05. The molecule has 0 saturated carbocycles. The van der Waals surface area contributed by atoms with Crippen molar-refractivity contribution in [3.8, 4) is 5.06 Å². The summed E-state index contributed by atoms with van der Waals surface area (Å²) in [4.78, 5) is 0. The van der Waals surface area contributed by atoms with Crippen LogP contribution in [0.5, 0.6) is 5.06 Å². The second kappa shape index (κ2) is 3.31. The van der Waals surface area contributed by atoms with Crippen molar-refractivity contribution in [1.82, 2.24) is 0 Å². The topological polar surface area (TPSA) is 20.2 Å². The van der Waals surface area contributed by atoms with E-state index in [4.69, 9.17) is 0 Å². The molecular weight excluding hydrogens is 248 g/mol. The van der Waals surface area contributed by atoms with Crippen molar-refractivity contribution < 1.29 is 5.11 Å². The van der Waals surface area contributed by atoms with Gasteiger partial charge in [0.15, 0.2) is 5.06 Å². The number of hydrogen-bond donors (Lipinski definition) is 1. The number of fused-ring (bicyclic) bond motifs is 1. The molecule has 2 aromatic rings. The van der Waals surface area contributed by atoms with Gasteiger partial charge in [0.2, 0.25) is 0 Å². The van der Waals surface area contributed by atoms with Crippen molar-refractivity contribution in [2.45, 2.75) is 12.3 Å². The largest absolute Gasteiger partial charge is 0.499 e. The Kier molecular flexibility index (Phi) is 2.30. The third-order valence-corrected chi connectivity index (χ3v) is 3.58. The van der Waals surface area contributed by atoms with Crippen LogP contribution in [-0.2, 0) is 5.33 Å². The van der Waals surface area contributed by atoms with E-state index in [9.17, 15) is 5.11 Å². The molecule has 0 aliphatic rings. The monoisotopic (exact) mass is 256 g/mol. The van der Waals surface area contributed by atoms with E-state index in [1.165, 1.54) is 22.5 Å². The van der Waals surface area contributed by atoms with Crippen LogP contribution in [0.1, 0.15) is 11.1 Å². The van der Waals surface area contributed by atoms with Crippen LogP contribution in [0, 0.1) is 6.92 Å². The van der Waals surface area contributed by atoms with Crippen molar-refractivity contribution in [2.75, 3.05) is 0 Å². The predicted molar refractivity (Wildman–Crippen MR) is 60.9 cm³/mol. The van der Waals surface area contributed by atoms with Crippen LogP contribution in [0.3, 0.4) is 0 Å². The maximum absolute atomic E-state index is 9.35. The Morgan fingerprint density at radius 1 is 1.38 bits per heavy atom. The molecule has 3 heteroatoms. The second-order valence-electron chi connectivity index (χ2n) is 3.04. The number of halogens is 1. The van der Waals surface area contributed by atoms with Crippen LogP contribution in [-0.4, -0.2) is 5.11 Å². The molecule has 1 aromatic carbocycles. The summed E-state index contributed by atoms with van der Waals surface area (Å²) in [6.07, 6.45) is 0. The Morgan fingerprint density at radius 2 is 2.15 bits per heavy atom. The summed E-state index contributed by atoms with van der Waals surface area (Å²) in [6.45, 7) is 2.07. The van der Waals surface area contributed by atoms with E-state index in [1.807, 2.05) is 6.07 Å². The minimum absolute atomic E-state index is 0.393. The molecule has 0 aliphatic heterocycles. The highest BCUT2D eigenvalue weighted by molar-refractivity contribution is 9.08. The first-order valence-corrected chi connectivity index (χ1v) is 5.92. The van der Waals surface area contributed by atoms with Gasteiger partial charge in [-0.15, -0.1) is 0 Å². The maximum Gasteiger partial charge on any atom is 0.172 e. The average Bonchev–Trinajstić information content (AvgIpc) is 2.46. The van der Waals surface area contributed by atoms with E-state index in [0.29, 0.717) is 5.06 Å². The highest BCUT2D eigenvalue weighted by atomic mass is 79.9. The van der Waals surface area contributed by atoms with E-state index in [-0.39, 0.29) is 0 Å². The summed E-state index contributed by atoms with van der Waals surface area (Å²) >= 11 is 4.86. The fourth-order valence-corrected chi connectivity index (χ4v) is 2.72. The third kappa shape index (κ3) is 1.58.